The Labute approximate surface area is 102 Å². The van der Waals surface area contributed by atoms with Gasteiger partial charge in [-0.2, -0.15) is 0 Å². The molecule has 1 aromatic heterocycles. The van der Waals surface area contributed by atoms with Crippen LogP contribution < -0.4 is 4.90 Å². The molecule has 3 heteroatoms. The highest BCUT2D eigenvalue weighted by Crippen LogP contribution is 2.10. The van der Waals surface area contributed by atoms with Gasteiger partial charge >= 0.3 is 0 Å². The average molecular weight is 230 g/mol. The maximum Gasteiger partial charge on any atom is 0.0960 e. The first kappa shape index (κ1) is 10.8. The Morgan fingerprint density at radius 1 is 1.12 bits per heavy atom. The van der Waals surface area contributed by atoms with E-state index < -0.39 is 0 Å². The predicted molar refractivity (Wildman–Crippen MR) is 69.1 cm³/mol. The smallest absolute Gasteiger partial charge is 0.0960 e. The van der Waals surface area contributed by atoms with Gasteiger partial charge in [0, 0.05) is 0 Å². The number of fused-ring (bicyclic) bond motifs is 1. The molecular formula is C14H20N3+. The third-order valence-electron chi connectivity index (χ3n) is 3.79. The zero-order valence-corrected chi connectivity index (χ0v) is 10.2. The molecule has 0 saturated carbocycles. The second kappa shape index (κ2) is 4.88. The molecular weight excluding hydrogens is 210 g/mol. The molecule has 1 aromatic carbocycles. The van der Waals surface area contributed by atoms with Crippen LogP contribution in [0.15, 0.2) is 30.6 Å². The highest BCUT2D eigenvalue weighted by Gasteiger charge is 2.13. The summed E-state index contributed by atoms with van der Waals surface area (Å²) in [5.41, 5.74) is 2.38. The summed E-state index contributed by atoms with van der Waals surface area (Å²) >= 11 is 0. The number of nitrogens with zero attached hydrogens (tertiary/aromatic N) is 2. The largest absolute Gasteiger partial charge is 0.333 e. The fourth-order valence-corrected chi connectivity index (χ4v) is 2.77. The second-order valence-corrected chi connectivity index (χ2v) is 4.99. The van der Waals surface area contributed by atoms with Crippen molar-refractivity contribution in [2.45, 2.75) is 25.8 Å². The maximum absolute atomic E-state index is 4.44. The normalized spacial score (nSPS) is 17.6. The summed E-state index contributed by atoms with van der Waals surface area (Å²) in [6.45, 7) is 5.04. The Kier molecular flexibility index (Phi) is 3.10. The van der Waals surface area contributed by atoms with E-state index in [-0.39, 0.29) is 0 Å². The number of piperidine rings is 1. The zero-order chi connectivity index (χ0) is 11.5. The van der Waals surface area contributed by atoms with Gasteiger partial charge in [0.2, 0.25) is 0 Å². The number of hydrogen-bond donors (Lipinski definition) is 1. The molecule has 0 bridgehead atoms. The lowest BCUT2D eigenvalue weighted by Gasteiger charge is -2.23. The standard InChI is InChI=1S/C14H19N3/c1-4-8-16(9-5-1)10-11-17-12-15-13-6-2-3-7-14(13)17/h2-3,6-7,12H,1,4-5,8-11H2/p+1. The van der Waals surface area contributed by atoms with Crippen molar-refractivity contribution in [1.29, 1.82) is 0 Å². The van der Waals surface area contributed by atoms with Crippen molar-refractivity contribution in [3.05, 3.63) is 30.6 Å². The first-order chi connectivity index (χ1) is 8.43. The second-order valence-electron chi connectivity index (χ2n) is 4.99. The zero-order valence-electron chi connectivity index (χ0n) is 10.2. The number of rotatable bonds is 3. The molecule has 2 heterocycles. The van der Waals surface area contributed by atoms with Crippen molar-refractivity contribution in [1.82, 2.24) is 9.55 Å². The van der Waals surface area contributed by atoms with Crippen LogP contribution >= 0.6 is 0 Å². The Balaban J connectivity index is 1.68. The minimum absolute atomic E-state index is 1.09. The molecule has 0 amide bonds. The third-order valence-corrected chi connectivity index (χ3v) is 3.79. The molecule has 3 rings (SSSR count). The van der Waals surface area contributed by atoms with Crippen LogP contribution in [-0.4, -0.2) is 29.2 Å². The first-order valence-electron chi connectivity index (χ1n) is 6.67. The topological polar surface area (TPSA) is 22.3 Å². The van der Waals surface area contributed by atoms with E-state index in [2.05, 4.69) is 33.8 Å². The molecule has 0 radical (unpaired) electrons. The summed E-state index contributed by atoms with van der Waals surface area (Å²) < 4.78 is 2.29. The minimum Gasteiger partial charge on any atom is -0.333 e. The summed E-state index contributed by atoms with van der Waals surface area (Å²) in [6.07, 6.45) is 6.21. The van der Waals surface area contributed by atoms with Gasteiger partial charge < -0.3 is 9.47 Å². The van der Waals surface area contributed by atoms with Crippen LogP contribution in [0.5, 0.6) is 0 Å². The monoisotopic (exact) mass is 230 g/mol. The lowest BCUT2D eigenvalue weighted by Crippen LogP contribution is -3.13. The molecule has 1 aliphatic rings. The quantitative estimate of drug-likeness (QED) is 0.838. The van der Waals surface area contributed by atoms with Gasteiger partial charge in [0.15, 0.2) is 0 Å². The number of quaternary nitrogens is 1. The predicted octanol–water partition coefficient (Wildman–Crippen LogP) is 1.11. The van der Waals surface area contributed by atoms with Gasteiger partial charge in [-0.15, -0.1) is 0 Å². The molecule has 0 unspecified atom stereocenters. The highest BCUT2D eigenvalue weighted by molar-refractivity contribution is 5.74. The van der Waals surface area contributed by atoms with Gasteiger partial charge in [-0.3, -0.25) is 0 Å². The number of hydrogen-bond acceptors (Lipinski definition) is 1. The lowest BCUT2D eigenvalue weighted by molar-refractivity contribution is -0.905. The lowest BCUT2D eigenvalue weighted by atomic mass is 10.1. The summed E-state index contributed by atoms with van der Waals surface area (Å²) in [4.78, 5) is 6.19. The molecule has 0 aliphatic carbocycles. The van der Waals surface area contributed by atoms with Gasteiger partial charge in [-0.25, -0.2) is 4.98 Å². The highest BCUT2D eigenvalue weighted by atomic mass is 15.2. The molecule has 3 nitrogen and oxygen atoms in total. The van der Waals surface area contributed by atoms with Crippen LogP contribution in [0.1, 0.15) is 19.3 Å². The van der Waals surface area contributed by atoms with E-state index in [1.807, 2.05) is 6.33 Å². The number of benzene rings is 1. The Bertz CT molecular complexity index is 483. The fourth-order valence-electron chi connectivity index (χ4n) is 2.77. The Hall–Kier alpha value is -1.35. The van der Waals surface area contributed by atoms with Crippen LogP contribution in [-0.2, 0) is 6.54 Å². The molecule has 17 heavy (non-hydrogen) atoms. The average Bonchev–Trinajstić information content (AvgIpc) is 2.81. The molecule has 0 atom stereocenters. The molecule has 2 aromatic rings. The van der Waals surface area contributed by atoms with Crippen molar-refractivity contribution in [2.24, 2.45) is 0 Å². The Morgan fingerprint density at radius 2 is 1.94 bits per heavy atom. The van der Waals surface area contributed by atoms with Gasteiger partial charge in [0.1, 0.15) is 0 Å². The summed E-state index contributed by atoms with van der Waals surface area (Å²) in [6, 6.07) is 8.39. The van der Waals surface area contributed by atoms with E-state index in [4.69, 9.17) is 0 Å². The van der Waals surface area contributed by atoms with Gasteiger partial charge in [-0.1, -0.05) is 12.1 Å². The minimum atomic E-state index is 1.09. The Morgan fingerprint density at radius 3 is 2.82 bits per heavy atom. The number of aromatic nitrogens is 2. The van der Waals surface area contributed by atoms with Crippen LogP contribution in [0.4, 0.5) is 0 Å². The molecule has 1 N–H and O–H groups in total. The summed E-state index contributed by atoms with van der Waals surface area (Å²) in [7, 11) is 0. The van der Waals surface area contributed by atoms with Crippen molar-refractivity contribution in [3.8, 4) is 0 Å². The molecule has 0 spiro atoms. The summed E-state index contributed by atoms with van der Waals surface area (Å²) in [5.74, 6) is 0. The van der Waals surface area contributed by atoms with Crippen LogP contribution in [0.25, 0.3) is 11.0 Å². The van der Waals surface area contributed by atoms with Gasteiger partial charge in [-0.05, 0) is 31.4 Å². The fraction of sp³-hybridized carbons (Fsp3) is 0.500. The molecule has 1 saturated heterocycles. The van der Waals surface area contributed by atoms with E-state index in [9.17, 15) is 0 Å². The van der Waals surface area contributed by atoms with Gasteiger partial charge in [0.05, 0.1) is 43.5 Å². The third kappa shape index (κ3) is 2.34. The number of para-hydroxylation sites is 2. The molecule has 1 fully saturated rings. The van der Waals surface area contributed by atoms with Crippen molar-refractivity contribution in [2.75, 3.05) is 19.6 Å². The number of likely N-dealkylation sites (tertiary alicyclic amines) is 1. The molecule has 1 aliphatic heterocycles. The van der Waals surface area contributed by atoms with Crippen molar-refractivity contribution < 1.29 is 4.90 Å². The van der Waals surface area contributed by atoms with Crippen LogP contribution in [0, 0.1) is 0 Å². The summed E-state index contributed by atoms with van der Waals surface area (Å²) in [5, 5.41) is 0. The van der Waals surface area contributed by atoms with E-state index in [1.165, 1.54) is 44.4 Å². The van der Waals surface area contributed by atoms with Crippen molar-refractivity contribution >= 4 is 11.0 Å². The molecule has 90 valence electrons. The van der Waals surface area contributed by atoms with E-state index in [0.29, 0.717) is 0 Å². The van der Waals surface area contributed by atoms with E-state index in [0.717, 1.165) is 12.1 Å². The van der Waals surface area contributed by atoms with Crippen molar-refractivity contribution in [3.63, 3.8) is 0 Å². The first-order valence-corrected chi connectivity index (χ1v) is 6.67. The maximum atomic E-state index is 4.44. The van der Waals surface area contributed by atoms with Crippen LogP contribution in [0.3, 0.4) is 0 Å². The van der Waals surface area contributed by atoms with Crippen LogP contribution in [0.2, 0.25) is 0 Å². The SMILES string of the molecule is c1ccc2c(c1)ncn2CC[NH+]1CCCCC1. The number of imidazole rings is 1. The van der Waals surface area contributed by atoms with Gasteiger partial charge in [0.25, 0.3) is 0 Å². The number of nitrogens with one attached hydrogen (secondary N) is 1. The van der Waals surface area contributed by atoms with E-state index >= 15 is 0 Å². The van der Waals surface area contributed by atoms with E-state index in [1.54, 1.807) is 4.90 Å².